The van der Waals surface area contributed by atoms with Crippen LogP contribution in [-0.4, -0.2) is 39.5 Å². The van der Waals surface area contributed by atoms with Crippen LogP contribution < -0.4 is 10.5 Å². The van der Waals surface area contributed by atoms with Crippen LogP contribution in [0.4, 0.5) is 0 Å². The SMILES string of the molecule is CC(CN)C(C)NS(=O)(=O)CC1CCCO1. The number of nitrogens with two attached hydrogens (primary N) is 1. The molecule has 0 aromatic carbocycles. The van der Waals surface area contributed by atoms with Crippen molar-refractivity contribution in [3.05, 3.63) is 0 Å². The number of hydrogen-bond donors (Lipinski definition) is 2. The van der Waals surface area contributed by atoms with Crippen LogP contribution in [0.25, 0.3) is 0 Å². The lowest BCUT2D eigenvalue weighted by molar-refractivity contribution is 0.127. The van der Waals surface area contributed by atoms with Gasteiger partial charge in [0, 0.05) is 12.6 Å². The highest BCUT2D eigenvalue weighted by Gasteiger charge is 2.25. The van der Waals surface area contributed by atoms with Gasteiger partial charge in [0.15, 0.2) is 0 Å². The molecule has 3 unspecified atom stereocenters. The molecule has 16 heavy (non-hydrogen) atoms. The molecule has 3 N–H and O–H groups in total. The predicted octanol–water partition coefficient (Wildman–Crippen LogP) is 0.0681. The first kappa shape index (κ1) is 13.9. The first-order chi connectivity index (χ1) is 7.44. The van der Waals surface area contributed by atoms with Gasteiger partial charge in [0.25, 0.3) is 0 Å². The lowest BCUT2D eigenvalue weighted by Crippen LogP contribution is -2.42. The topological polar surface area (TPSA) is 81.4 Å². The summed E-state index contributed by atoms with van der Waals surface area (Å²) in [4.78, 5) is 0. The fourth-order valence-electron chi connectivity index (χ4n) is 1.67. The average Bonchev–Trinajstić information content (AvgIpc) is 2.67. The van der Waals surface area contributed by atoms with E-state index in [1.165, 1.54) is 0 Å². The molecule has 3 atom stereocenters. The van der Waals surface area contributed by atoms with Gasteiger partial charge in [-0.3, -0.25) is 0 Å². The predicted molar refractivity (Wildman–Crippen MR) is 63.6 cm³/mol. The molecule has 0 saturated carbocycles. The number of ether oxygens (including phenoxy) is 1. The highest BCUT2D eigenvalue weighted by atomic mass is 32.2. The quantitative estimate of drug-likeness (QED) is 0.699. The summed E-state index contributed by atoms with van der Waals surface area (Å²) >= 11 is 0. The molecule has 0 spiro atoms. The maximum absolute atomic E-state index is 11.8. The summed E-state index contributed by atoms with van der Waals surface area (Å²) in [5, 5.41) is 0. The van der Waals surface area contributed by atoms with Crippen LogP contribution in [0.5, 0.6) is 0 Å². The fourth-order valence-corrected chi connectivity index (χ4v) is 3.32. The smallest absolute Gasteiger partial charge is 0.214 e. The highest BCUT2D eigenvalue weighted by Crippen LogP contribution is 2.14. The van der Waals surface area contributed by atoms with Crippen molar-refractivity contribution >= 4 is 10.0 Å². The van der Waals surface area contributed by atoms with Crippen LogP contribution in [0.3, 0.4) is 0 Å². The second kappa shape index (κ2) is 5.95. The molecule has 1 fully saturated rings. The van der Waals surface area contributed by atoms with Gasteiger partial charge in [-0.25, -0.2) is 13.1 Å². The second-order valence-electron chi connectivity index (χ2n) is 4.54. The van der Waals surface area contributed by atoms with Gasteiger partial charge in [-0.15, -0.1) is 0 Å². The third-order valence-corrected chi connectivity index (χ3v) is 4.56. The van der Waals surface area contributed by atoms with Crippen LogP contribution >= 0.6 is 0 Å². The Morgan fingerprint density at radius 1 is 1.50 bits per heavy atom. The average molecular weight is 250 g/mol. The molecular weight excluding hydrogens is 228 g/mol. The van der Waals surface area contributed by atoms with Crippen molar-refractivity contribution in [1.29, 1.82) is 0 Å². The molecule has 0 bridgehead atoms. The number of sulfonamides is 1. The summed E-state index contributed by atoms with van der Waals surface area (Å²) in [6, 6.07) is -0.128. The summed E-state index contributed by atoms with van der Waals surface area (Å²) in [6.45, 7) is 4.92. The summed E-state index contributed by atoms with van der Waals surface area (Å²) in [5.74, 6) is 0.202. The van der Waals surface area contributed by atoms with Crippen molar-refractivity contribution in [2.24, 2.45) is 11.7 Å². The molecule has 0 aromatic heterocycles. The largest absolute Gasteiger partial charge is 0.377 e. The Kier molecular flexibility index (Phi) is 5.17. The maximum Gasteiger partial charge on any atom is 0.214 e. The van der Waals surface area contributed by atoms with Gasteiger partial charge in [-0.2, -0.15) is 0 Å². The van der Waals surface area contributed by atoms with Crippen molar-refractivity contribution in [2.45, 2.75) is 38.8 Å². The van der Waals surface area contributed by atoms with Crippen molar-refractivity contribution in [1.82, 2.24) is 4.72 Å². The van der Waals surface area contributed by atoms with E-state index in [-0.39, 0.29) is 23.8 Å². The minimum Gasteiger partial charge on any atom is -0.377 e. The minimum atomic E-state index is -3.25. The van der Waals surface area contributed by atoms with Crippen molar-refractivity contribution in [3.63, 3.8) is 0 Å². The van der Waals surface area contributed by atoms with Gasteiger partial charge in [-0.1, -0.05) is 6.92 Å². The zero-order valence-corrected chi connectivity index (χ0v) is 10.8. The second-order valence-corrected chi connectivity index (χ2v) is 6.33. The molecule has 1 heterocycles. The lowest BCUT2D eigenvalue weighted by Gasteiger charge is -2.20. The molecule has 0 radical (unpaired) electrons. The van der Waals surface area contributed by atoms with E-state index in [0.717, 1.165) is 12.8 Å². The Balaban J connectivity index is 2.44. The maximum atomic E-state index is 11.8. The normalized spacial score (nSPS) is 25.6. The Morgan fingerprint density at radius 3 is 2.69 bits per heavy atom. The van der Waals surface area contributed by atoms with Gasteiger partial charge in [0.1, 0.15) is 0 Å². The van der Waals surface area contributed by atoms with Crippen LogP contribution in [0.1, 0.15) is 26.7 Å². The Hall–Kier alpha value is -0.170. The Labute approximate surface area is 97.8 Å². The van der Waals surface area contributed by atoms with Crippen LogP contribution in [0, 0.1) is 5.92 Å². The summed E-state index contributed by atoms with van der Waals surface area (Å²) in [7, 11) is -3.25. The summed E-state index contributed by atoms with van der Waals surface area (Å²) in [5.41, 5.74) is 5.50. The van der Waals surface area contributed by atoms with Crippen LogP contribution in [0.2, 0.25) is 0 Å². The third-order valence-electron chi connectivity index (χ3n) is 3.02. The standard InChI is InChI=1S/C10H22N2O3S/c1-8(6-11)9(2)12-16(13,14)7-10-4-3-5-15-10/h8-10,12H,3-7,11H2,1-2H3. The van der Waals surface area contributed by atoms with E-state index in [0.29, 0.717) is 13.2 Å². The van der Waals surface area contributed by atoms with E-state index in [1.54, 1.807) is 0 Å². The van der Waals surface area contributed by atoms with E-state index in [1.807, 2.05) is 13.8 Å². The number of nitrogens with one attached hydrogen (secondary N) is 1. The van der Waals surface area contributed by atoms with Crippen molar-refractivity contribution < 1.29 is 13.2 Å². The van der Waals surface area contributed by atoms with E-state index in [4.69, 9.17) is 10.5 Å². The zero-order chi connectivity index (χ0) is 12.2. The molecule has 1 rings (SSSR count). The van der Waals surface area contributed by atoms with Crippen molar-refractivity contribution in [3.8, 4) is 0 Å². The fraction of sp³-hybridized carbons (Fsp3) is 1.00. The Morgan fingerprint density at radius 2 is 2.19 bits per heavy atom. The minimum absolute atomic E-state index is 0.0641. The van der Waals surface area contributed by atoms with Gasteiger partial charge in [0.05, 0.1) is 11.9 Å². The summed E-state index contributed by atoms with van der Waals surface area (Å²) < 4.78 is 31.5. The first-order valence-corrected chi connectivity index (χ1v) is 7.41. The van der Waals surface area contributed by atoms with Gasteiger partial charge in [-0.05, 0) is 32.2 Å². The molecule has 1 saturated heterocycles. The van der Waals surface area contributed by atoms with E-state index in [9.17, 15) is 8.42 Å². The van der Waals surface area contributed by atoms with Gasteiger partial charge in [0.2, 0.25) is 10.0 Å². The molecular formula is C10H22N2O3S. The Bertz CT molecular complexity index is 299. The van der Waals surface area contributed by atoms with Gasteiger partial charge >= 0.3 is 0 Å². The van der Waals surface area contributed by atoms with E-state index >= 15 is 0 Å². The lowest BCUT2D eigenvalue weighted by atomic mass is 10.1. The zero-order valence-electron chi connectivity index (χ0n) is 9.98. The van der Waals surface area contributed by atoms with Crippen molar-refractivity contribution in [2.75, 3.05) is 18.9 Å². The summed E-state index contributed by atoms with van der Waals surface area (Å²) in [6.07, 6.45) is 1.65. The third kappa shape index (κ3) is 4.37. The number of rotatable bonds is 6. The molecule has 0 amide bonds. The molecule has 0 aromatic rings. The molecule has 6 heteroatoms. The van der Waals surface area contributed by atoms with Crippen LogP contribution in [-0.2, 0) is 14.8 Å². The molecule has 0 aliphatic carbocycles. The van der Waals surface area contributed by atoms with Crippen LogP contribution in [0.15, 0.2) is 0 Å². The van der Waals surface area contributed by atoms with E-state index < -0.39 is 10.0 Å². The monoisotopic (exact) mass is 250 g/mol. The number of hydrogen-bond acceptors (Lipinski definition) is 4. The van der Waals surface area contributed by atoms with E-state index in [2.05, 4.69) is 4.72 Å². The first-order valence-electron chi connectivity index (χ1n) is 5.76. The molecule has 96 valence electrons. The molecule has 5 nitrogen and oxygen atoms in total. The molecule has 1 aliphatic heterocycles. The highest BCUT2D eigenvalue weighted by molar-refractivity contribution is 7.89. The van der Waals surface area contributed by atoms with Gasteiger partial charge < -0.3 is 10.5 Å². The molecule has 1 aliphatic rings.